The summed E-state index contributed by atoms with van der Waals surface area (Å²) in [6, 6.07) is 5.24. The second-order valence-corrected chi connectivity index (χ2v) is 7.44. The lowest BCUT2D eigenvalue weighted by Gasteiger charge is -2.16. The van der Waals surface area contributed by atoms with E-state index in [0.717, 1.165) is 10.8 Å². The lowest BCUT2D eigenvalue weighted by atomic mass is 10.1. The molecule has 1 fully saturated rings. The molecule has 0 spiro atoms. The lowest BCUT2D eigenvalue weighted by molar-refractivity contribution is 0.292. The van der Waals surface area contributed by atoms with Gasteiger partial charge in [-0.1, -0.05) is 23.2 Å². The van der Waals surface area contributed by atoms with Crippen LogP contribution in [-0.2, 0) is 0 Å². The fourth-order valence-electron chi connectivity index (χ4n) is 2.96. The summed E-state index contributed by atoms with van der Waals surface area (Å²) in [7, 11) is 3.06. The van der Waals surface area contributed by atoms with Crippen LogP contribution in [0.5, 0.6) is 17.4 Å². The predicted molar refractivity (Wildman–Crippen MR) is 111 cm³/mol. The molecule has 146 valence electrons. The molecule has 2 aromatic heterocycles. The quantitative estimate of drug-likeness (QED) is 0.605. The highest BCUT2D eigenvalue weighted by atomic mass is 35.5. The number of aromatic nitrogens is 2. The van der Waals surface area contributed by atoms with Crippen LogP contribution in [0, 0.1) is 5.92 Å². The fraction of sp³-hybridized carbons (Fsp3) is 0.300. The van der Waals surface area contributed by atoms with Gasteiger partial charge in [0.1, 0.15) is 17.3 Å². The first-order valence-corrected chi connectivity index (χ1v) is 9.56. The Hall–Kier alpha value is -2.44. The van der Waals surface area contributed by atoms with Crippen LogP contribution in [0.15, 0.2) is 24.4 Å². The Morgan fingerprint density at radius 3 is 2.36 bits per heavy atom. The number of hydrogen-bond donors (Lipinski definition) is 1. The van der Waals surface area contributed by atoms with Gasteiger partial charge in [-0.3, -0.25) is 0 Å². The maximum atomic E-state index is 6.56. The van der Waals surface area contributed by atoms with Crippen molar-refractivity contribution in [3.05, 3.63) is 34.4 Å². The van der Waals surface area contributed by atoms with Crippen molar-refractivity contribution in [3.8, 4) is 28.6 Å². The predicted octanol–water partition coefficient (Wildman–Crippen LogP) is 4.99. The van der Waals surface area contributed by atoms with Gasteiger partial charge in [-0.15, -0.1) is 0 Å². The Bertz CT molecular complexity index is 1030. The maximum absolute atomic E-state index is 6.56. The van der Waals surface area contributed by atoms with Crippen LogP contribution in [0.4, 0.5) is 5.82 Å². The first kappa shape index (κ1) is 18.9. The molecule has 8 heteroatoms. The van der Waals surface area contributed by atoms with Gasteiger partial charge in [-0.05, 0) is 30.9 Å². The molecule has 28 heavy (non-hydrogen) atoms. The number of ether oxygens (including phenoxy) is 3. The molecular formula is C20H19Cl2N3O3. The Labute approximate surface area is 172 Å². The zero-order chi connectivity index (χ0) is 19.8. The van der Waals surface area contributed by atoms with E-state index in [4.69, 9.17) is 48.1 Å². The highest BCUT2D eigenvalue weighted by molar-refractivity contribution is 6.41. The van der Waals surface area contributed by atoms with Crippen LogP contribution in [-0.4, -0.2) is 30.8 Å². The molecule has 0 bridgehead atoms. The Morgan fingerprint density at radius 1 is 1.07 bits per heavy atom. The minimum absolute atomic E-state index is 0.344. The molecule has 4 rings (SSSR count). The van der Waals surface area contributed by atoms with E-state index < -0.39 is 0 Å². The third kappa shape index (κ3) is 3.50. The van der Waals surface area contributed by atoms with E-state index in [2.05, 4.69) is 4.98 Å². The summed E-state index contributed by atoms with van der Waals surface area (Å²) in [5.74, 6) is 2.33. The zero-order valence-electron chi connectivity index (χ0n) is 15.5. The summed E-state index contributed by atoms with van der Waals surface area (Å²) in [6.45, 7) is 0.608. The van der Waals surface area contributed by atoms with Gasteiger partial charge in [0.2, 0.25) is 5.88 Å². The van der Waals surface area contributed by atoms with Crippen LogP contribution < -0.4 is 19.9 Å². The van der Waals surface area contributed by atoms with Gasteiger partial charge in [0.15, 0.2) is 0 Å². The molecular weight excluding hydrogens is 401 g/mol. The second kappa shape index (κ2) is 7.53. The number of rotatable bonds is 6. The van der Waals surface area contributed by atoms with Gasteiger partial charge < -0.3 is 19.9 Å². The van der Waals surface area contributed by atoms with Crippen molar-refractivity contribution < 1.29 is 14.2 Å². The number of methoxy groups -OCH3 is 2. The highest BCUT2D eigenvalue weighted by Gasteiger charge is 2.24. The van der Waals surface area contributed by atoms with E-state index in [0.29, 0.717) is 57.0 Å². The fourth-order valence-corrected chi connectivity index (χ4v) is 3.66. The molecule has 6 nitrogen and oxygen atoms in total. The normalized spacial score (nSPS) is 13.6. The SMILES string of the molecule is COc1cc(OC)c(Cl)c(-c2cc3cnc(N)cc3c(OCC3CC3)n2)c1Cl. The Balaban J connectivity index is 1.92. The van der Waals surface area contributed by atoms with E-state index >= 15 is 0 Å². The van der Waals surface area contributed by atoms with Crippen molar-refractivity contribution in [2.75, 3.05) is 26.6 Å². The maximum Gasteiger partial charge on any atom is 0.222 e. The highest BCUT2D eigenvalue weighted by Crippen LogP contribution is 2.46. The number of halogens is 2. The monoisotopic (exact) mass is 419 g/mol. The zero-order valence-corrected chi connectivity index (χ0v) is 17.0. The van der Waals surface area contributed by atoms with Crippen molar-refractivity contribution in [1.29, 1.82) is 0 Å². The van der Waals surface area contributed by atoms with E-state index in [1.807, 2.05) is 6.07 Å². The molecule has 0 unspecified atom stereocenters. The van der Waals surface area contributed by atoms with Gasteiger partial charge in [0.05, 0.1) is 36.6 Å². The summed E-state index contributed by atoms with van der Waals surface area (Å²) in [5, 5.41) is 2.30. The summed E-state index contributed by atoms with van der Waals surface area (Å²) in [5.41, 5.74) is 6.91. The molecule has 1 saturated carbocycles. The number of hydrogen-bond acceptors (Lipinski definition) is 6. The molecule has 0 saturated heterocycles. The van der Waals surface area contributed by atoms with Crippen LogP contribution >= 0.6 is 23.2 Å². The number of nitrogens with zero attached hydrogens (tertiary/aromatic N) is 2. The van der Waals surface area contributed by atoms with E-state index in [-0.39, 0.29) is 0 Å². The van der Waals surface area contributed by atoms with Crippen LogP contribution in [0.2, 0.25) is 10.0 Å². The number of nitrogens with two attached hydrogens (primary N) is 1. The molecule has 2 heterocycles. The molecule has 0 aliphatic heterocycles. The third-order valence-corrected chi connectivity index (χ3v) is 5.43. The Kier molecular flexibility index (Phi) is 5.08. The van der Waals surface area contributed by atoms with Crippen molar-refractivity contribution >= 4 is 39.8 Å². The first-order chi connectivity index (χ1) is 13.5. The number of nitrogen functional groups attached to an aromatic ring is 1. The van der Waals surface area contributed by atoms with Crippen LogP contribution in [0.25, 0.3) is 22.0 Å². The summed E-state index contributed by atoms with van der Waals surface area (Å²) >= 11 is 13.1. The number of pyridine rings is 2. The number of fused-ring (bicyclic) bond motifs is 1. The lowest BCUT2D eigenvalue weighted by Crippen LogP contribution is -2.03. The van der Waals surface area contributed by atoms with E-state index in [1.54, 1.807) is 18.3 Å². The largest absolute Gasteiger partial charge is 0.495 e. The second-order valence-electron chi connectivity index (χ2n) is 6.68. The average molecular weight is 420 g/mol. The molecule has 3 aromatic rings. The molecule has 1 aliphatic rings. The van der Waals surface area contributed by atoms with Gasteiger partial charge in [-0.25, -0.2) is 9.97 Å². The van der Waals surface area contributed by atoms with Crippen molar-refractivity contribution in [2.45, 2.75) is 12.8 Å². The van der Waals surface area contributed by atoms with Crippen LogP contribution in [0.1, 0.15) is 12.8 Å². The standard InChI is InChI=1S/C20H19Cl2N3O3/c1-26-14-7-15(27-2)19(22)17(18(14)21)13-5-11-8-24-16(23)6-12(11)20(25-13)28-9-10-3-4-10/h5-8,10H,3-4,9H2,1-2H3,(H2,23,24). The van der Waals surface area contributed by atoms with Gasteiger partial charge in [0.25, 0.3) is 0 Å². The molecule has 0 radical (unpaired) electrons. The third-order valence-electron chi connectivity index (χ3n) is 4.68. The van der Waals surface area contributed by atoms with Crippen molar-refractivity contribution in [3.63, 3.8) is 0 Å². The average Bonchev–Trinajstić information content (AvgIpc) is 3.51. The Morgan fingerprint density at radius 2 is 1.75 bits per heavy atom. The van der Waals surface area contributed by atoms with Crippen molar-refractivity contribution in [1.82, 2.24) is 9.97 Å². The molecule has 2 N–H and O–H groups in total. The first-order valence-electron chi connectivity index (χ1n) is 8.81. The molecule has 0 amide bonds. The topological polar surface area (TPSA) is 79.5 Å². The summed E-state index contributed by atoms with van der Waals surface area (Å²) in [6.07, 6.45) is 4.02. The number of benzene rings is 1. The molecule has 0 atom stereocenters. The molecule has 1 aromatic carbocycles. The van der Waals surface area contributed by atoms with E-state index in [9.17, 15) is 0 Å². The smallest absolute Gasteiger partial charge is 0.222 e. The minimum atomic E-state index is 0.344. The van der Waals surface area contributed by atoms with E-state index in [1.165, 1.54) is 27.1 Å². The van der Waals surface area contributed by atoms with Gasteiger partial charge in [-0.2, -0.15) is 0 Å². The summed E-state index contributed by atoms with van der Waals surface area (Å²) in [4.78, 5) is 8.88. The summed E-state index contributed by atoms with van der Waals surface area (Å²) < 4.78 is 16.7. The number of anilines is 1. The van der Waals surface area contributed by atoms with Gasteiger partial charge in [0, 0.05) is 28.6 Å². The van der Waals surface area contributed by atoms with Crippen molar-refractivity contribution in [2.24, 2.45) is 5.92 Å². The minimum Gasteiger partial charge on any atom is -0.495 e. The van der Waals surface area contributed by atoms with Crippen LogP contribution in [0.3, 0.4) is 0 Å². The molecule has 1 aliphatic carbocycles. The van der Waals surface area contributed by atoms with Gasteiger partial charge >= 0.3 is 0 Å².